The van der Waals surface area contributed by atoms with Gasteiger partial charge in [0.2, 0.25) is 0 Å². The van der Waals surface area contributed by atoms with Gasteiger partial charge in [-0.3, -0.25) is 0 Å². The van der Waals surface area contributed by atoms with E-state index in [-0.39, 0.29) is 12.4 Å². The average Bonchev–Trinajstić information content (AvgIpc) is 2.09. The smallest absolute Gasteiger partial charge is 0.127 e. The predicted molar refractivity (Wildman–Crippen MR) is 45.0 cm³/mol. The molecule has 0 heterocycles. The molecule has 0 aliphatic heterocycles. The van der Waals surface area contributed by atoms with Crippen molar-refractivity contribution in [2.24, 2.45) is 0 Å². The van der Waals surface area contributed by atoms with E-state index in [0.717, 1.165) is 0 Å². The fraction of sp³-hybridized carbons (Fsp3) is 0.200. The number of benzene rings is 1. The molecule has 1 N–H and O–H groups in total. The van der Waals surface area contributed by atoms with Gasteiger partial charge in [-0.25, -0.2) is 4.39 Å². The second-order valence-corrected chi connectivity index (χ2v) is 2.28. The molecule has 0 atom stereocenters. The summed E-state index contributed by atoms with van der Waals surface area (Å²) in [5, 5.41) is 8.35. The first-order chi connectivity index (χ1) is 5.84. The highest BCUT2D eigenvalue weighted by Gasteiger charge is 1.96. The minimum Gasteiger partial charge on any atom is -0.384 e. The first kappa shape index (κ1) is 8.76. The minimum absolute atomic E-state index is 0.172. The van der Waals surface area contributed by atoms with Crippen molar-refractivity contribution in [3.63, 3.8) is 0 Å². The van der Waals surface area contributed by atoms with E-state index in [0.29, 0.717) is 12.0 Å². The molecule has 0 amide bonds. The van der Waals surface area contributed by atoms with Crippen molar-refractivity contribution in [3.8, 4) is 11.8 Å². The average molecular weight is 164 g/mol. The molecule has 62 valence electrons. The van der Waals surface area contributed by atoms with Crippen LogP contribution in [0, 0.1) is 17.7 Å². The number of rotatable bonds is 1. The Kier molecular flexibility index (Phi) is 3.31. The topological polar surface area (TPSA) is 20.2 Å². The Morgan fingerprint density at radius 2 is 2.00 bits per heavy atom. The number of aliphatic hydroxyl groups excluding tert-OH is 1. The van der Waals surface area contributed by atoms with E-state index < -0.39 is 0 Å². The molecule has 0 bridgehead atoms. The van der Waals surface area contributed by atoms with Crippen molar-refractivity contribution in [2.75, 3.05) is 6.61 Å². The van der Waals surface area contributed by atoms with E-state index in [1.165, 1.54) is 6.07 Å². The summed E-state index contributed by atoms with van der Waals surface area (Å²) in [6.07, 6.45) is 0.354. The van der Waals surface area contributed by atoms with E-state index in [4.69, 9.17) is 5.11 Å². The molecule has 0 aliphatic carbocycles. The zero-order valence-electron chi connectivity index (χ0n) is 6.55. The summed E-state index contributed by atoms with van der Waals surface area (Å²) < 4.78 is 12.9. The molecule has 2 heteroatoms. The van der Waals surface area contributed by atoms with Crippen molar-refractivity contribution < 1.29 is 9.50 Å². The maximum atomic E-state index is 12.9. The monoisotopic (exact) mass is 164 g/mol. The van der Waals surface area contributed by atoms with Gasteiger partial charge in [0.25, 0.3) is 0 Å². The molecule has 12 heavy (non-hydrogen) atoms. The van der Waals surface area contributed by atoms with E-state index in [1.54, 1.807) is 18.2 Å². The largest absolute Gasteiger partial charge is 0.384 e. The number of aliphatic hydroxyl groups is 1. The summed E-state index contributed by atoms with van der Waals surface area (Å²) in [6.45, 7) is -0.172. The van der Waals surface area contributed by atoms with Crippen LogP contribution in [0.5, 0.6) is 0 Å². The fourth-order valence-electron chi connectivity index (χ4n) is 0.855. The van der Waals surface area contributed by atoms with Crippen molar-refractivity contribution >= 4 is 0 Å². The van der Waals surface area contributed by atoms with Gasteiger partial charge in [-0.1, -0.05) is 30.0 Å². The first-order valence-corrected chi connectivity index (χ1v) is 3.64. The Balaban J connectivity index is 2.69. The molecule has 0 saturated heterocycles. The Labute approximate surface area is 70.9 Å². The lowest BCUT2D eigenvalue weighted by atomic mass is 10.1. The third kappa shape index (κ3) is 2.37. The van der Waals surface area contributed by atoms with Crippen molar-refractivity contribution in [1.82, 2.24) is 0 Å². The molecular formula is C10H9FO. The van der Waals surface area contributed by atoms with E-state index in [2.05, 4.69) is 11.8 Å². The molecule has 0 aromatic heterocycles. The minimum atomic E-state index is -0.246. The maximum Gasteiger partial charge on any atom is 0.127 e. The second-order valence-electron chi connectivity index (χ2n) is 2.28. The van der Waals surface area contributed by atoms with E-state index in [1.807, 2.05) is 0 Å². The Hall–Kier alpha value is -1.33. The lowest BCUT2D eigenvalue weighted by Crippen LogP contribution is -1.87. The van der Waals surface area contributed by atoms with Crippen LogP contribution in [-0.2, 0) is 6.42 Å². The van der Waals surface area contributed by atoms with Gasteiger partial charge in [-0.2, -0.15) is 0 Å². The van der Waals surface area contributed by atoms with Gasteiger partial charge in [-0.15, -0.1) is 0 Å². The van der Waals surface area contributed by atoms with Crippen LogP contribution in [-0.4, -0.2) is 11.7 Å². The van der Waals surface area contributed by atoms with Gasteiger partial charge in [0, 0.05) is 6.42 Å². The SMILES string of the molecule is OCC#CCc1ccccc1F. The van der Waals surface area contributed by atoms with Crippen LogP contribution in [0.4, 0.5) is 4.39 Å². The highest BCUT2D eigenvalue weighted by atomic mass is 19.1. The Morgan fingerprint density at radius 3 is 2.67 bits per heavy atom. The van der Waals surface area contributed by atoms with Crippen LogP contribution < -0.4 is 0 Å². The van der Waals surface area contributed by atoms with Crippen LogP contribution in [0.25, 0.3) is 0 Å². The zero-order valence-corrected chi connectivity index (χ0v) is 6.55. The van der Waals surface area contributed by atoms with Gasteiger partial charge in [0.05, 0.1) is 0 Å². The summed E-state index contributed by atoms with van der Waals surface area (Å²) in [5.41, 5.74) is 0.568. The standard InChI is InChI=1S/C10H9FO/c11-10-7-2-1-5-9(10)6-3-4-8-12/h1-2,5,7,12H,6,8H2. The van der Waals surface area contributed by atoms with Gasteiger partial charge in [0.1, 0.15) is 12.4 Å². The molecule has 0 radical (unpaired) electrons. The number of hydrogen-bond acceptors (Lipinski definition) is 1. The summed E-state index contributed by atoms with van der Waals surface area (Å²) in [4.78, 5) is 0. The molecule has 1 aromatic carbocycles. The quantitative estimate of drug-likeness (QED) is 0.621. The predicted octanol–water partition coefficient (Wildman–Crippen LogP) is 1.36. The summed E-state index contributed by atoms with van der Waals surface area (Å²) in [6, 6.07) is 6.48. The highest BCUT2D eigenvalue weighted by molar-refractivity contribution is 5.22. The molecule has 0 unspecified atom stereocenters. The highest BCUT2D eigenvalue weighted by Crippen LogP contribution is 2.05. The van der Waals surface area contributed by atoms with Gasteiger partial charge in [-0.05, 0) is 11.6 Å². The lowest BCUT2D eigenvalue weighted by Gasteiger charge is -1.94. The van der Waals surface area contributed by atoms with Crippen LogP contribution >= 0.6 is 0 Å². The zero-order chi connectivity index (χ0) is 8.81. The Morgan fingerprint density at radius 1 is 1.25 bits per heavy atom. The van der Waals surface area contributed by atoms with Crippen molar-refractivity contribution in [1.29, 1.82) is 0 Å². The normalized spacial score (nSPS) is 8.83. The van der Waals surface area contributed by atoms with Crippen LogP contribution in [0.1, 0.15) is 5.56 Å². The van der Waals surface area contributed by atoms with Gasteiger partial charge < -0.3 is 5.11 Å². The molecule has 0 spiro atoms. The molecule has 1 rings (SSSR count). The summed E-state index contributed by atoms with van der Waals surface area (Å²) >= 11 is 0. The molecule has 1 aromatic rings. The first-order valence-electron chi connectivity index (χ1n) is 3.64. The molecule has 0 aliphatic rings. The van der Waals surface area contributed by atoms with Crippen LogP contribution in [0.2, 0.25) is 0 Å². The van der Waals surface area contributed by atoms with E-state index in [9.17, 15) is 4.39 Å². The lowest BCUT2D eigenvalue weighted by molar-refractivity contribution is 0.350. The third-order valence-electron chi connectivity index (χ3n) is 1.44. The molecule has 1 nitrogen and oxygen atoms in total. The van der Waals surface area contributed by atoms with Crippen LogP contribution in [0.3, 0.4) is 0 Å². The number of halogens is 1. The summed E-state index contributed by atoms with van der Waals surface area (Å²) in [5.74, 6) is 4.87. The molecule has 0 fully saturated rings. The molecular weight excluding hydrogens is 155 g/mol. The third-order valence-corrected chi connectivity index (χ3v) is 1.44. The van der Waals surface area contributed by atoms with E-state index >= 15 is 0 Å². The van der Waals surface area contributed by atoms with Gasteiger partial charge in [0.15, 0.2) is 0 Å². The fourth-order valence-corrected chi connectivity index (χ4v) is 0.855. The van der Waals surface area contributed by atoms with Gasteiger partial charge >= 0.3 is 0 Å². The maximum absolute atomic E-state index is 12.9. The summed E-state index contributed by atoms with van der Waals surface area (Å²) in [7, 11) is 0. The molecule has 0 saturated carbocycles. The second kappa shape index (κ2) is 4.53. The van der Waals surface area contributed by atoms with Crippen molar-refractivity contribution in [2.45, 2.75) is 6.42 Å². The Bertz CT molecular complexity index is 309. The van der Waals surface area contributed by atoms with Crippen LogP contribution in [0.15, 0.2) is 24.3 Å². The van der Waals surface area contributed by atoms with Crippen molar-refractivity contribution in [3.05, 3.63) is 35.6 Å². The number of hydrogen-bond donors (Lipinski definition) is 1.